The first-order valence-corrected chi connectivity index (χ1v) is 9.33. The van der Waals surface area contributed by atoms with E-state index in [0.29, 0.717) is 11.4 Å². The van der Waals surface area contributed by atoms with E-state index >= 15 is 0 Å². The monoisotopic (exact) mass is 405 g/mol. The van der Waals surface area contributed by atoms with Crippen LogP contribution in [0, 0.1) is 0 Å². The molecule has 1 atom stereocenters. The molecule has 1 heterocycles. The highest BCUT2D eigenvalue weighted by Crippen LogP contribution is 2.43. The zero-order valence-electron chi connectivity index (χ0n) is 14.1. The average Bonchev–Trinajstić information content (AvgIpc) is 2.51. The molecule has 2 nitrogen and oxygen atoms in total. The second kappa shape index (κ2) is 6.20. The van der Waals surface area contributed by atoms with Crippen molar-refractivity contribution in [1.82, 2.24) is 5.32 Å². The predicted molar refractivity (Wildman–Crippen MR) is 102 cm³/mol. The molecule has 2 aromatic rings. The molecule has 1 N–H and O–H groups in total. The lowest BCUT2D eigenvalue weighted by Crippen LogP contribution is -2.57. The number of amides is 1. The molecule has 0 aromatic heterocycles. The highest BCUT2D eigenvalue weighted by atomic mass is 79.9. The van der Waals surface area contributed by atoms with Gasteiger partial charge in [-0.05, 0) is 67.6 Å². The summed E-state index contributed by atoms with van der Waals surface area (Å²) in [5.74, 6) is 0.0839. The zero-order valence-corrected chi connectivity index (χ0v) is 16.5. The third-order valence-electron chi connectivity index (χ3n) is 5.03. The van der Waals surface area contributed by atoms with Crippen LogP contribution in [0.15, 0.2) is 46.9 Å². The lowest BCUT2D eigenvalue weighted by molar-refractivity contribution is -0.130. The Kier molecular flexibility index (Phi) is 4.52. The van der Waals surface area contributed by atoms with Crippen molar-refractivity contribution in [3.63, 3.8) is 0 Å². The summed E-state index contributed by atoms with van der Waals surface area (Å²) >= 11 is 9.72. The fraction of sp³-hybridized carbons (Fsp3) is 0.350. The number of carbonyl (C=O) groups excluding carboxylic acids is 1. The lowest BCUT2D eigenvalue weighted by atomic mass is 9.65. The fourth-order valence-corrected chi connectivity index (χ4v) is 4.27. The molecule has 0 aliphatic carbocycles. The van der Waals surface area contributed by atoms with Crippen molar-refractivity contribution in [1.29, 1.82) is 0 Å². The van der Waals surface area contributed by atoms with Gasteiger partial charge in [-0.15, -0.1) is 0 Å². The molecule has 0 saturated carbocycles. The summed E-state index contributed by atoms with van der Waals surface area (Å²) in [6.07, 6.45) is 1.36. The molecular formula is C20H21BrClNO. The molecule has 3 rings (SSSR count). The Balaban J connectivity index is 2.19. The molecular weight excluding hydrogens is 386 g/mol. The van der Waals surface area contributed by atoms with Crippen LogP contribution in [0.1, 0.15) is 43.9 Å². The van der Waals surface area contributed by atoms with E-state index in [-0.39, 0.29) is 11.4 Å². The Morgan fingerprint density at radius 2 is 1.88 bits per heavy atom. The standard InChI is InChI=1S/C20H21BrClNO/c1-4-20(12-13-6-5-7-15(22)10-13)17-11-14(21)8-9-16(17)19(2,3)23-18(20)24/h5-11H,4,12H2,1-3H3,(H,23,24). The van der Waals surface area contributed by atoms with Crippen LogP contribution in [0.4, 0.5) is 0 Å². The van der Waals surface area contributed by atoms with E-state index in [9.17, 15) is 4.79 Å². The molecule has 1 unspecified atom stereocenters. The van der Waals surface area contributed by atoms with Gasteiger partial charge in [-0.2, -0.15) is 0 Å². The molecule has 0 bridgehead atoms. The van der Waals surface area contributed by atoms with Gasteiger partial charge in [-0.1, -0.05) is 52.7 Å². The summed E-state index contributed by atoms with van der Waals surface area (Å²) in [7, 11) is 0. The van der Waals surface area contributed by atoms with Crippen molar-refractivity contribution in [3.8, 4) is 0 Å². The maximum atomic E-state index is 13.2. The van der Waals surface area contributed by atoms with Crippen LogP contribution in [0.25, 0.3) is 0 Å². The highest BCUT2D eigenvalue weighted by Gasteiger charge is 2.48. The molecule has 0 saturated heterocycles. The topological polar surface area (TPSA) is 29.1 Å². The van der Waals surface area contributed by atoms with Gasteiger partial charge in [-0.25, -0.2) is 0 Å². The summed E-state index contributed by atoms with van der Waals surface area (Å²) in [5, 5.41) is 3.92. The van der Waals surface area contributed by atoms with Gasteiger partial charge >= 0.3 is 0 Å². The van der Waals surface area contributed by atoms with Crippen molar-refractivity contribution in [2.24, 2.45) is 0 Å². The first-order chi connectivity index (χ1) is 11.3. The molecule has 4 heteroatoms. The number of fused-ring (bicyclic) bond motifs is 1. The van der Waals surface area contributed by atoms with Crippen LogP contribution in [0.2, 0.25) is 5.02 Å². The fourth-order valence-electron chi connectivity index (χ4n) is 3.70. The quantitative estimate of drug-likeness (QED) is 0.730. The van der Waals surface area contributed by atoms with Gasteiger partial charge in [-0.3, -0.25) is 4.79 Å². The molecule has 24 heavy (non-hydrogen) atoms. The summed E-state index contributed by atoms with van der Waals surface area (Å²) in [6.45, 7) is 6.18. The second-order valence-corrected chi connectivity index (χ2v) is 8.36. The SMILES string of the molecule is CCC1(Cc2cccc(Cl)c2)C(=O)NC(C)(C)c2ccc(Br)cc21. The van der Waals surface area contributed by atoms with Crippen LogP contribution >= 0.6 is 27.5 Å². The number of benzene rings is 2. The van der Waals surface area contributed by atoms with E-state index in [1.807, 2.05) is 30.3 Å². The minimum absolute atomic E-state index is 0.0839. The van der Waals surface area contributed by atoms with Crippen LogP contribution < -0.4 is 5.32 Å². The van der Waals surface area contributed by atoms with E-state index in [2.05, 4.69) is 54.2 Å². The predicted octanol–water partition coefficient (Wildman–Crippen LogP) is 5.36. The number of halogens is 2. The second-order valence-electron chi connectivity index (χ2n) is 7.01. The van der Waals surface area contributed by atoms with Gasteiger partial charge in [0.2, 0.25) is 5.91 Å². The van der Waals surface area contributed by atoms with Crippen molar-refractivity contribution in [3.05, 3.63) is 68.7 Å². The van der Waals surface area contributed by atoms with Crippen LogP contribution in [0.5, 0.6) is 0 Å². The van der Waals surface area contributed by atoms with Crippen molar-refractivity contribution in [2.45, 2.75) is 44.6 Å². The smallest absolute Gasteiger partial charge is 0.231 e. The molecule has 2 aromatic carbocycles. The van der Waals surface area contributed by atoms with Crippen LogP contribution in [-0.2, 0) is 22.2 Å². The van der Waals surface area contributed by atoms with E-state index in [0.717, 1.165) is 22.0 Å². The molecule has 1 aliphatic heterocycles. The number of hydrogen-bond donors (Lipinski definition) is 1. The molecule has 1 amide bonds. The number of rotatable bonds is 3. The van der Waals surface area contributed by atoms with E-state index in [4.69, 9.17) is 11.6 Å². The summed E-state index contributed by atoms with van der Waals surface area (Å²) in [4.78, 5) is 13.2. The van der Waals surface area contributed by atoms with Gasteiger partial charge in [0.15, 0.2) is 0 Å². The Labute approximate surface area is 156 Å². The van der Waals surface area contributed by atoms with Crippen molar-refractivity contribution < 1.29 is 4.79 Å². The third kappa shape index (κ3) is 2.89. The number of carbonyl (C=O) groups is 1. The molecule has 0 spiro atoms. The lowest BCUT2D eigenvalue weighted by Gasteiger charge is -2.45. The summed E-state index contributed by atoms with van der Waals surface area (Å²) in [6, 6.07) is 14.0. The van der Waals surface area contributed by atoms with Gasteiger partial charge in [0, 0.05) is 9.50 Å². The van der Waals surface area contributed by atoms with Gasteiger partial charge < -0.3 is 5.32 Å². The zero-order chi connectivity index (χ0) is 17.5. The minimum atomic E-state index is -0.584. The maximum absolute atomic E-state index is 13.2. The first-order valence-electron chi connectivity index (χ1n) is 8.16. The Hall–Kier alpha value is -1.32. The van der Waals surface area contributed by atoms with Gasteiger partial charge in [0.25, 0.3) is 0 Å². The third-order valence-corrected chi connectivity index (χ3v) is 5.76. The van der Waals surface area contributed by atoms with E-state index in [1.165, 1.54) is 5.56 Å². The summed E-state index contributed by atoms with van der Waals surface area (Å²) < 4.78 is 0.996. The molecule has 0 radical (unpaired) electrons. The normalized spacial score (nSPS) is 22.0. The molecule has 126 valence electrons. The Morgan fingerprint density at radius 1 is 1.12 bits per heavy atom. The number of hydrogen-bond acceptors (Lipinski definition) is 1. The van der Waals surface area contributed by atoms with E-state index < -0.39 is 5.41 Å². The van der Waals surface area contributed by atoms with E-state index in [1.54, 1.807) is 0 Å². The van der Waals surface area contributed by atoms with Crippen molar-refractivity contribution in [2.75, 3.05) is 0 Å². The van der Waals surface area contributed by atoms with Gasteiger partial charge in [0.1, 0.15) is 0 Å². The maximum Gasteiger partial charge on any atom is 0.231 e. The molecule has 1 aliphatic rings. The Morgan fingerprint density at radius 3 is 2.54 bits per heavy atom. The van der Waals surface area contributed by atoms with Crippen LogP contribution in [-0.4, -0.2) is 5.91 Å². The summed E-state index contributed by atoms with van der Waals surface area (Å²) in [5.41, 5.74) is 2.40. The minimum Gasteiger partial charge on any atom is -0.346 e. The van der Waals surface area contributed by atoms with Crippen LogP contribution in [0.3, 0.4) is 0 Å². The Bertz CT molecular complexity index is 802. The van der Waals surface area contributed by atoms with Crippen molar-refractivity contribution >= 4 is 33.4 Å². The largest absolute Gasteiger partial charge is 0.346 e. The highest BCUT2D eigenvalue weighted by molar-refractivity contribution is 9.10. The average molecular weight is 407 g/mol. The molecule has 0 fully saturated rings. The number of nitrogens with one attached hydrogen (secondary N) is 1. The van der Waals surface area contributed by atoms with Gasteiger partial charge in [0.05, 0.1) is 11.0 Å². The first kappa shape index (κ1) is 17.5.